The van der Waals surface area contributed by atoms with Crippen LogP contribution in [0.4, 0.5) is 0 Å². The number of imide groups is 1. The first-order valence-electron chi connectivity index (χ1n) is 7.19. The number of ketones is 1. The zero-order valence-electron chi connectivity index (χ0n) is 12.1. The highest BCUT2D eigenvalue weighted by atomic mass is 16.4. The summed E-state index contributed by atoms with van der Waals surface area (Å²) in [5.74, 6) is -1.96. The van der Waals surface area contributed by atoms with Crippen LogP contribution < -0.4 is 0 Å². The largest absolute Gasteiger partial charge is 0.481 e. The van der Waals surface area contributed by atoms with Crippen molar-refractivity contribution in [2.45, 2.75) is 32.1 Å². The van der Waals surface area contributed by atoms with Gasteiger partial charge >= 0.3 is 5.97 Å². The van der Waals surface area contributed by atoms with Crippen molar-refractivity contribution in [3.05, 3.63) is 35.4 Å². The Morgan fingerprint density at radius 3 is 2.09 bits per heavy atom. The first kappa shape index (κ1) is 15.9. The monoisotopic (exact) mass is 303 g/mol. The Balaban J connectivity index is 1.75. The van der Waals surface area contributed by atoms with E-state index in [1.165, 1.54) is 4.90 Å². The average Bonchev–Trinajstić information content (AvgIpc) is 2.71. The van der Waals surface area contributed by atoms with Crippen molar-refractivity contribution in [3.8, 4) is 0 Å². The highest BCUT2D eigenvalue weighted by Gasteiger charge is 2.34. The van der Waals surface area contributed by atoms with Crippen LogP contribution in [0.2, 0.25) is 0 Å². The lowest BCUT2D eigenvalue weighted by molar-refractivity contribution is -0.140. The van der Waals surface area contributed by atoms with E-state index in [9.17, 15) is 19.2 Å². The molecule has 0 radical (unpaired) electrons. The number of hydrogen-bond donors (Lipinski definition) is 1. The van der Waals surface area contributed by atoms with Gasteiger partial charge in [0.1, 0.15) is 12.2 Å². The van der Waals surface area contributed by atoms with Gasteiger partial charge in [0.2, 0.25) is 0 Å². The summed E-state index contributed by atoms with van der Waals surface area (Å²) in [4.78, 5) is 47.0. The first-order chi connectivity index (χ1) is 10.5. The molecule has 1 aliphatic rings. The Morgan fingerprint density at radius 2 is 1.55 bits per heavy atom. The molecule has 0 aliphatic carbocycles. The lowest BCUT2D eigenvalue weighted by atomic mass is 10.1. The number of aliphatic carboxylic acids is 1. The second-order valence-electron chi connectivity index (χ2n) is 5.23. The minimum atomic E-state index is -1.11. The van der Waals surface area contributed by atoms with Crippen molar-refractivity contribution >= 4 is 23.6 Å². The number of amides is 2. The Kier molecular flexibility index (Phi) is 5.04. The molecule has 0 fully saturated rings. The number of carboxylic acid groups (broad SMARTS) is 1. The summed E-state index contributed by atoms with van der Waals surface area (Å²) in [5.41, 5.74) is 0.869. The van der Waals surface area contributed by atoms with Gasteiger partial charge in [-0.15, -0.1) is 0 Å². The van der Waals surface area contributed by atoms with Crippen LogP contribution >= 0.6 is 0 Å². The van der Waals surface area contributed by atoms with Crippen LogP contribution in [0.1, 0.15) is 52.8 Å². The SMILES string of the molecule is O=C(O)CC(=O)CCCCCN1C(=O)c2ccccc2C1=O. The molecule has 2 rings (SSSR count). The number of benzene rings is 1. The maximum absolute atomic E-state index is 12.1. The van der Waals surface area contributed by atoms with Gasteiger partial charge < -0.3 is 5.11 Å². The molecule has 0 spiro atoms. The third-order valence-corrected chi connectivity index (χ3v) is 3.56. The summed E-state index contributed by atoms with van der Waals surface area (Å²) >= 11 is 0. The fourth-order valence-corrected chi connectivity index (χ4v) is 2.47. The first-order valence-corrected chi connectivity index (χ1v) is 7.19. The van der Waals surface area contributed by atoms with Crippen LogP contribution in [-0.2, 0) is 9.59 Å². The number of carboxylic acids is 1. The fraction of sp³-hybridized carbons (Fsp3) is 0.375. The number of Topliss-reactive ketones (excluding diaryl/α,β-unsaturated/α-hetero) is 1. The number of rotatable bonds is 8. The van der Waals surface area contributed by atoms with Crippen LogP contribution in [-0.4, -0.2) is 40.1 Å². The van der Waals surface area contributed by atoms with Crippen LogP contribution in [0, 0.1) is 0 Å². The van der Waals surface area contributed by atoms with E-state index in [2.05, 4.69) is 0 Å². The predicted molar refractivity (Wildman–Crippen MR) is 77.5 cm³/mol. The summed E-state index contributed by atoms with van der Waals surface area (Å²) in [6, 6.07) is 6.73. The molecule has 1 aromatic rings. The molecule has 22 heavy (non-hydrogen) atoms. The topological polar surface area (TPSA) is 91.8 Å². The van der Waals surface area contributed by atoms with Crippen LogP contribution in [0.5, 0.6) is 0 Å². The number of hydrogen-bond acceptors (Lipinski definition) is 4. The molecule has 6 heteroatoms. The number of carbonyl (C=O) groups excluding carboxylic acids is 3. The number of nitrogens with zero attached hydrogens (tertiary/aromatic N) is 1. The van der Waals surface area contributed by atoms with E-state index >= 15 is 0 Å². The molecule has 1 aliphatic heterocycles. The van der Waals surface area contributed by atoms with E-state index < -0.39 is 12.4 Å². The number of unbranched alkanes of at least 4 members (excludes halogenated alkanes) is 2. The molecule has 0 saturated carbocycles. The van der Waals surface area contributed by atoms with Gasteiger partial charge in [0, 0.05) is 13.0 Å². The highest BCUT2D eigenvalue weighted by molar-refractivity contribution is 6.21. The molecular weight excluding hydrogens is 286 g/mol. The van der Waals surface area contributed by atoms with E-state index in [4.69, 9.17) is 5.11 Å². The Labute approximate surface area is 127 Å². The molecule has 1 heterocycles. The van der Waals surface area contributed by atoms with E-state index in [-0.39, 0.29) is 24.0 Å². The Morgan fingerprint density at radius 1 is 0.955 bits per heavy atom. The van der Waals surface area contributed by atoms with Crippen molar-refractivity contribution in [1.82, 2.24) is 4.90 Å². The van der Waals surface area contributed by atoms with Gasteiger partial charge in [0.05, 0.1) is 11.1 Å². The lowest BCUT2D eigenvalue weighted by Gasteiger charge is -2.13. The third kappa shape index (κ3) is 3.58. The molecule has 0 unspecified atom stereocenters. The smallest absolute Gasteiger partial charge is 0.310 e. The summed E-state index contributed by atoms with van der Waals surface area (Å²) in [7, 11) is 0. The van der Waals surface area contributed by atoms with Gasteiger partial charge in [-0.05, 0) is 25.0 Å². The average molecular weight is 303 g/mol. The molecule has 0 aromatic heterocycles. The van der Waals surface area contributed by atoms with Gasteiger partial charge in [-0.2, -0.15) is 0 Å². The quantitative estimate of drug-likeness (QED) is 0.450. The normalized spacial score (nSPS) is 13.4. The molecule has 1 aromatic carbocycles. The Bertz CT molecular complexity index is 588. The zero-order chi connectivity index (χ0) is 16.1. The Hall–Kier alpha value is -2.50. The zero-order valence-corrected chi connectivity index (χ0v) is 12.1. The highest BCUT2D eigenvalue weighted by Crippen LogP contribution is 2.22. The predicted octanol–water partition coefficient (Wildman–Crippen LogP) is 1.89. The van der Waals surface area contributed by atoms with Crippen molar-refractivity contribution in [3.63, 3.8) is 0 Å². The van der Waals surface area contributed by atoms with E-state index in [0.29, 0.717) is 36.9 Å². The molecule has 0 bridgehead atoms. The van der Waals surface area contributed by atoms with Crippen LogP contribution in [0.25, 0.3) is 0 Å². The summed E-state index contributed by atoms with van der Waals surface area (Å²) in [5, 5.41) is 8.47. The maximum atomic E-state index is 12.1. The van der Waals surface area contributed by atoms with Gasteiger partial charge in [0.25, 0.3) is 11.8 Å². The second-order valence-corrected chi connectivity index (χ2v) is 5.23. The lowest BCUT2D eigenvalue weighted by Crippen LogP contribution is -2.30. The fourth-order valence-electron chi connectivity index (χ4n) is 2.47. The summed E-state index contributed by atoms with van der Waals surface area (Å²) < 4.78 is 0. The number of fused-ring (bicyclic) bond motifs is 1. The van der Waals surface area contributed by atoms with E-state index in [1.807, 2.05) is 0 Å². The van der Waals surface area contributed by atoms with Crippen molar-refractivity contribution in [2.75, 3.05) is 6.54 Å². The second kappa shape index (κ2) is 6.98. The summed E-state index contributed by atoms with van der Waals surface area (Å²) in [6.45, 7) is 0.319. The molecule has 116 valence electrons. The summed E-state index contributed by atoms with van der Waals surface area (Å²) in [6.07, 6.45) is 1.60. The van der Waals surface area contributed by atoms with Crippen LogP contribution in [0.3, 0.4) is 0 Å². The number of carbonyl (C=O) groups is 4. The molecule has 0 saturated heterocycles. The molecule has 0 atom stereocenters. The van der Waals surface area contributed by atoms with Gasteiger partial charge in [-0.1, -0.05) is 18.6 Å². The standard InChI is InChI=1S/C16H17NO5/c18-11(10-14(19)20)6-2-1-5-9-17-15(21)12-7-3-4-8-13(12)16(17)22/h3-4,7-8H,1-2,5-6,9-10H2,(H,19,20). The van der Waals surface area contributed by atoms with Crippen molar-refractivity contribution in [2.24, 2.45) is 0 Å². The molecule has 2 amide bonds. The van der Waals surface area contributed by atoms with Gasteiger partial charge in [-0.3, -0.25) is 24.1 Å². The third-order valence-electron chi connectivity index (χ3n) is 3.56. The van der Waals surface area contributed by atoms with Gasteiger partial charge in [-0.25, -0.2) is 0 Å². The molecular formula is C16H17NO5. The van der Waals surface area contributed by atoms with Crippen molar-refractivity contribution in [1.29, 1.82) is 0 Å². The van der Waals surface area contributed by atoms with Gasteiger partial charge in [0.15, 0.2) is 0 Å². The maximum Gasteiger partial charge on any atom is 0.310 e. The minimum absolute atomic E-state index is 0.217. The molecule has 6 nitrogen and oxygen atoms in total. The van der Waals surface area contributed by atoms with E-state index in [0.717, 1.165) is 0 Å². The van der Waals surface area contributed by atoms with E-state index in [1.54, 1.807) is 24.3 Å². The minimum Gasteiger partial charge on any atom is -0.481 e. The van der Waals surface area contributed by atoms with Crippen LogP contribution in [0.15, 0.2) is 24.3 Å². The molecule has 1 N–H and O–H groups in total. The van der Waals surface area contributed by atoms with Crippen molar-refractivity contribution < 1.29 is 24.3 Å².